The third kappa shape index (κ3) is 4.74. The predicted octanol–water partition coefficient (Wildman–Crippen LogP) is 3.92. The van der Waals surface area contributed by atoms with Gasteiger partial charge in [0.2, 0.25) is 5.91 Å². The summed E-state index contributed by atoms with van der Waals surface area (Å²) in [7, 11) is 1.92. The molecule has 7 nitrogen and oxygen atoms in total. The molecule has 176 valence electrons. The van der Waals surface area contributed by atoms with Gasteiger partial charge in [0.05, 0.1) is 5.69 Å². The highest BCUT2D eigenvalue weighted by Crippen LogP contribution is 2.27. The fraction of sp³-hybridized carbons (Fsp3) is 0.500. The van der Waals surface area contributed by atoms with Crippen LogP contribution in [0.5, 0.6) is 0 Å². The van der Waals surface area contributed by atoms with Crippen molar-refractivity contribution < 1.29 is 4.79 Å². The average molecular weight is 449 g/mol. The van der Waals surface area contributed by atoms with E-state index in [0.717, 1.165) is 72.0 Å². The van der Waals surface area contributed by atoms with Gasteiger partial charge < -0.3 is 15.1 Å². The Kier molecular flexibility index (Phi) is 6.70. The molecule has 1 fully saturated rings. The zero-order valence-electron chi connectivity index (χ0n) is 20.8. The second-order valence-electron chi connectivity index (χ2n) is 9.18. The molecule has 1 amide bonds. The highest BCUT2D eigenvalue weighted by molar-refractivity contribution is 5.92. The number of carbonyl (C=O) groups is 1. The van der Waals surface area contributed by atoms with Crippen LogP contribution in [0, 0.1) is 27.7 Å². The maximum Gasteiger partial charge on any atom is 0.224 e. The number of nitrogens with one attached hydrogen (secondary N) is 1. The lowest BCUT2D eigenvalue weighted by molar-refractivity contribution is -0.116. The van der Waals surface area contributed by atoms with Gasteiger partial charge in [0.25, 0.3) is 0 Å². The van der Waals surface area contributed by atoms with E-state index in [1.165, 1.54) is 11.3 Å². The van der Waals surface area contributed by atoms with E-state index in [0.29, 0.717) is 12.8 Å². The summed E-state index contributed by atoms with van der Waals surface area (Å²) >= 11 is 0. The Morgan fingerprint density at radius 2 is 1.79 bits per heavy atom. The predicted molar refractivity (Wildman–Crippen MR) is 135 cm³/mol. The van der Waals surface area contributed by atoms with Crippen LogP contribution in [0.25, 0.3) is 11.0 Å². The van der Waals surface area contributed by atoms with Gasteiger partial charge in [0, 0.05) is 62.1 Å². The molecule has 1 aliphatic rings. The number of pyridine rings is 1. The number of hydrogen-bond acceptors (Lipinski definition) is 5. The number of nitrogens with zero attached hydrogens (tertiary/aromatic N) is 5. The molecule has 0 aliphatic carbocycles. The minimum Gasteiger partial charge on any atom is -0.369 e. The zero-order chi connectivity index (χ0) is 23.7. The number of aromatic nitrogens is 3. The van der Waals surface area contributed by atoms with E-state index in [4.69, 9.17) is 4.98 Å². The molecule has 0 spiro atoms. The third-order valence-corrected chi connectivity index (χ3v) is 7.00. The maximum absolute atomic E-state index is 12.8. The summed E-state index contributed by atoms with van der Waals surface area (Å²) in [5, 5.41) is 8.73. The van der Waals surface area contributed by atoms with Crippen LogP contribution in [0.2, 0.25) is 0 Å². The molecule has 1 N–H and O–H groups in total. The number of hydrogen-bond donors (Lipinski definition) is 1. The highest BCUT2D eigenvalue weighted by Gasteiger charge is 2.18. The van der Waals surface area contributed by atoms with E-state index in [-0.39, 0.29) is 5.91 Å². The molecule has 33 heavy (non-hydrogen) atoms. The number of rotatable bonds is 6. The van der Waals surface area contributed by atoms with Crippen molar-refractivity contribution >= 4 is 28.3 Å². The number of anilines is 2. The van der Waals surface area contributed by atoms with Gasteiger partial charge in [0.15, 0.2) is 5.65 Å². The van der Waals surface area contributed by atoms with E-state index in [2.05, 4.69) is 53.1 Å². The Morgan fingerprint density at radius 3 is 2.45 bits per heavy atom. The van der Waals surface area contributed by atoms with E-state index in [1.807, 2.05) is 31.6 Å². The molecule has 0 bridgehead atoms. The van der Waals surface area contributed by atoms with Crippen molar-refractivity contribution in [2.45, 2.75) is 47.5 Å². The number of carbonyl (C=O) groups excluding carboxylic acids is 1. The van der Waals surface area contributed by atoms with Gasteiger partial charge in [-0.3, -0.25) is 9.48 Å². The molecule has 7 heteroatoms. The molecule has 0 saturated carbocycles. The van der Waals surface area contributed by atoms with Gasteiger partial charge in [-0.1, -0.05) is 6.92 Å². The minimum absolute atomic E-state index is 0.0317. The Bertz CT molecular complexity index is 1170. The minimum atomic E-state index is 0.0317. The first kappa shape index (κ1) is 23.2. The molecule has 2 aromatic heterocycles. The van der Waals surface area contributed by atoms with Crippen LogP contribution < -0.4 is 10.2 Å². The fourth-order valence-corrected chi connectivity index (χ4v) is 4.99. The summed E-state index contributed by atoms with van der Waals surface area (Å²) in [5.74, 6) is 0.0317. The van der Waals surface area contributed by atoms with Crippen LogP contribution in [0.4, 0.5) is 11.4 Å². The van der Waals surface area contributed by atoms with E-state index < -0.39 is 0 Å². The van der Waals surface area contributed by atoms with Crippen LogP contribution in [-0.2, 0) is 18.3 Å². The molecule has 1 saturated heterocycles. The molecular weight excluding hydrogens is 412 g/mol. The molecule has 1 aliphatic heterocycles. The van der Waals surface area contributed by atoms with Crippen molar-refractivity contribution in [1.29, 1.82) is 0 Å². The largest absolute Gasteiger partial charge is 0.369 e. The lowest BCUT2D eigenvalue weighted by Crippen LogP contribution is -2.46. The Labute approximate surface area is 196 Å². The topological polar surface area (TPSA) is 66.3 Å². The van der Waals surface area contributed by atoms with Crippen molar-refractivity contribution in [2.24, 2.45) is 7.05 Å². The third-order valence-electron chi connectivity index (χ3n) is 7.00. The SMILES string of the molecule is CCN1CCN(c2ccc(NC(=O)CCc3c(C)nc4c(c(C)nn4C)c3C)c(C)c2)CC1. The average Bonchev–Trinajstić information content (AvgIpc) is 3.08. The second kappa shape index (κ2) is 9.51. The van der Waals surface area contributed by atoms with Crippen LogP contribution >= 0.6 is 0 Å². The van der Waals surface area contributed by atoms with E-state index in [9.17, 15) is 4.79 Å². The number of aryl methyl sites for hydroxylation is 5. The fourth-order valence-electron chi connectivity index (χ4n) is 4.99. The second-order valence-corrected chi connectivity index (χ2v) is 9.18. The molecule has 1 aromatic carbocycles. The van der Waals surface area contributed by atoms with Crippen LogP contribution in [-0.4, -0.2) is 58.3 Å². The Morgan fingerprint density at radius 1 is 1.06 bits per heavy atom. The number of amides is 1. The van der Waals surface area contributed by atoms with Gasteiger partial charge in [0.1, 0.15) is 0 Å². The summed E-state index contributed by atoms with van der Waals surface area (Å²) in [5.41, 5.74) is 8.41. The Hall–Kier alpha value is -2.93. The van der Waals surface area contributed by atoms with Gasteiger partial charge >= 0.3 is 0 Å². The number of fused-ring (bicyclic) bond motifs is 1. The number of benzene rings is 1. The van der Waals surface area contributed by atoms with E-state index in [1.54, 1.807) is 0 Å². The smallest absolute Gasteiger partial charge is 0.224 e. The zero-order valence-corrected chi connectivity index (χ0v) is 20.8. The normalized spacial score (nSPS) is 14.8. The summed E-state index contributed by atoms with van der Waals surface area (Å²) in [6.45, 7) is 15.8. The standard InChI is InChI=1S/C26H36N6O/c1-7-31-12-14-32(15-13-31)21-8-10-23(17(2)16-21)28-24(33)11-9-22-18(3)25-20(5)29-30(6)26(25)27-19(22)4/h8,10,16H,7,9,11-15H2,1-6H3,(H,28,33). The van der Waals surface area contributed by atoms with Gasteiger partial charge in [-0.15, -0.1) is 0 Å². The molecule has 0 atom stereocenters. The van der Waals surface area contributed by atoms with E-state index >= 15 is 0 Å². The first-order valence-electron chi connectivity index (χ1n) is 12.0. The van der Waals surface area contributed by atoms with Crippen molar-refractivity contribution in [3.05, 3.63) is 46.3 Å². The summed E-state index contributed by atoms with van der Waals surface area (Å²) in [6, 6.07) is 6.36. The lowest BCUT2D eigenvalue weighted by Gasteiger charge is -2.35. The van der Waals surface area contributed by atoms with Gasteiger partial charge in [-0.25, -0.2) is 4.98 Å². The highest BCUT2D eigenvalue weighted by atomic mass is 16.1. The monoisotopic (exact) mass is 448 g/mol. The molecule has 3 heterocycles. The quantitative estimate of drug-likeness (QED) is 0.619. The summed E-state index contributed by atoms with van der Waals surface area (Å²) in [6.07, 6.45) is 1.09. The van der Waals surface area contributed by atoms with Crippen molar-refractivity contribution in [3.63, 3.8) is 0 Å². The molecular formula is C26H36N6O. The molecule has 4 rings (SSSR count). The maximum atomic E-state index is 12.8. The summed E-state index contributed by atoms with van der Waals surface area (Å²) in [4.78, 5) is 22.5. The van der Waals surface area contributed by atoms with Gasteiger partial charge in [-0.2, -0.15) is 5.10 Å². The van der Waals surface area contributed by atoms with Crippen LogP contribution in [0.1, 0.15) is 41.4 Å². The van der Waals surface area contributed by atoms with Crippen LogP contribution in [0.15, 0.2) is 18.2 Å². The van der Waals surface area contributed by atoms with Gasteiger partial charge in [-0.05, 0) is 75.5 Å². The molecule has 3 aromatic rings. The van der Waals surface area contributed by atoms with Crippen LogP contribution in [0.3, 0.4) is 0 Å². The first-order valence-corrected chi connectivity index (χ1v) is 12.0. The first-order chi connectivity index (χ1) is 15.8. The summed E-state index contributed by atoms with van der Waals surface area (Å²) < 4.78 is 1.83. The van der Waals surface area contributed by atoms with Crippen molar-refractivity contribution in [3.8, 4) is 0 Å². The van der Waals surface area contributed by atoms with Crippen molar-refractivity contribution in [2.75, 3.05) is 42.9 Å². The number of likely N-dealkylation sites (N-methyl/N-ethyl adjacent to an activating group) is 1. The molecule has 0 unspecified atom stereocenters. The van der Waals surface area contributed by atoms with Crippen molar-refractivity contribution in [1.82, 2.24) is 19.7 Å². The number of piperazine rings is 1. The molecule has 0 radical (unpaired) electrons. The lowest BCUT2D eigenvalue weighted by atomic mass is 9.99. The Balaban J connectivity index is 1.41.